The first-order valence-corrected chi connectivity index (χ1v) is 14.0. The van der Waals surface area contributed by atoms with Crippen LogP contribution in [0.15, 0.2) is 0 Å². The van der Waals surface area contributed by atoms with Gasteiger partial charge in [-0.1, -0.05) is 20.3 Å². The molecule has 2 aliphatic rings. The predicted octanol–water partition coefficient (Wildman–Crippen LogP) is 6.70. The highest BCUT2D eigenvalue weighted by atomic mass is 28.4. The maximum absolute atomic E-state index is 13.7. The monoisotopic (exact) mass is 424 g/mol. The van der Waals surface area contributed by atoms with Gasteiger partial charge >= 0.3 is 0 Å². The van der Waals surface area contributed by atoms with E-state index < -0.39 is 26.8 Å². The third-order valence-corrected chi connectivity index (χ3v) is 8.08. The van der Waals surface area contributed by atoms with Crippen molar-refractivity contribution in [1.82, 2.24) is 0 Å². The van der Waals surface area contributed by atoms with E-state index in [4.69, 9.17) is 4.43 Å². The van der Waals surface area contributed by atoms with Gasteiger partial charge in [0.1, 0.15) is 5.78 Å². The molecule has 0 bridgehead atoms. The van der Waals surface area contributed by atoms with Crippen LogP contribution >= 0.6 is 0 Å². The number of ketones is 1. The number of carbonyl (C=O) groups is 1. The molecule has 0 radical (unpaired) electrons. The molecule has 2 rings (SSSR count). The molecule has 2 saturated carbocycles. The largest absolute Gasteiger partial charge is 0.402 e. The third-order valence-electron chi connectivity index (χ3n) is 7.09. The van der Waals surface area contributed by atoms with E-state index in [0.29, 0.717) is 24.5 Å². The lowest BCUT2D eigenvalue weighted by atomic mass is 9.62. The van der Waals surface area contributed by atoms with Crippen LogP contribution in [0.5, 0.6) is 0 Å². The summed E-state index contributed by atoms with van der Waals surface area (Å²) in [5.41, 5.74) is -2.68. The van der Waals surface area contributed by atoms with Gasteiger partial charge in [0.15, 0.2) is 13.9 Å². The molecule has 0 aromatic rings. The molecule has 2 nitrogen and oxygen atoms in total. The van der Waals surface area contributed by atoms with Gasteiger partial charge in [0.05, 0.1) is 0 Å². The zero-order valence-corrected chi connectivity index (χ0v) is 18.9. The summed E-state index contributed by atoms with van der Waals surface area (Å²) in [4.78, 5) is 12.3. The lowest BCUT2D eigenvalue weighted by molar-refractivity contribution is -0.169. The van der Waals surface area contributed by atoms with Crippen LogP contribution in [-0.2, 0) is 9.22 Å². The molecular formula is C21H36F4O2Si. The van der Waals surface area contributed by atoms with Crippen molar-refractivity contribution in [2.75, 3.05) is 0 Å². The van der Waals surface area contributed by atoms with Crippen molar-refractivity contribution in [3.8, 4) is 0 Å². The maximum atomic E-state index is 13.7. The Morgan fingerprint density at radius 1 is 1.18 bits per heavy atom. The molecule has 28 heavy (non-hydrogen) atoms. The lowest BCUT2D eigenvalue weighted by Crippen LogP contribution is -2.53. The second-order valence-electron chi connectivity index (χ2n) is 10.2. The van der Waals surface area contributed by atoms with Gasteiger partial charge in [0.2, 0.25) is 0 Å². The topological polar surface area (TPSA) is 26.3 Å². The summed E-state index contributed by atoms with van der Waals surface area (Å²) in [5, 5.41) is 0. The van der Waals surface area contributed by atoms with E-state index >= 15 is 0 Å². The van der Waals surface area contributed by atoms with Gasteiger partial charge in [0.25, 0.3) is 12.9 Å². The Labute approximate surface area is 167 Å². The third kappa shape index (κ3) is 4.82. The molecular weight excluding hydrogens is 388 g/mol. The average molecular weight is 425 g/mol. The fourth-order valence-electron chi connectivity index (χ4n) is 5.83. The summed E-state index contributed by atoms with van der Waals surface area (Å²) >= 11 is 0. The van der Waals surface area contributed by atoms with E-state index in [0.717, 1.165) is 25.7 Å². The summed E-state index contributed by atoms with van der Waals surface area (Å²) in [7, 11) is -2.56. The normalized spacial score (nSPS) is 30.2. The van der Waals surface area contributed by atoms with Crippen LogP contribution in [0.4, 0.5) is 17.6 Å². The van der Waals surface area contributed by atoms with E-state index in [9.17, 15) is 22.4 Å². The summed E-state index contributed by atoms with van der Waals surface area (Å²) in [6, 6.07) is 0. The van der Waals surface area contributed by atoms with Gasteiger partial charge in [-0.3, -0.25) is 4.79 Å². The molecule has 0 unspecified atom stereocenters. The molecule has 0 saturated heterocycles. The average Bonchev–Trinajstić information content (AvgIpc) is 2.90. The van der Waals surface area contributed by atoms with Crippen LogP contribution in [0, 0.1) is 23.2 Å². The number of hydrogen-bond acceptors (Lipinski definition) is 2. The van der Waals surface area contributed by atoms with Crippen molar-refractivity contribution in [2.24, 2.45) is 23.2 Å². The fourth-order valence-corrected chi connectivity index (χ4v) is 7.25. The predicted molar refractivity (Wildman–Crippen MR) is 105 cm³/mol. The Morgan fingerprint density at radius 2 is 1.79 bits per heavy atom. The van der Waals surface area contributed by atoms with E-state index in [2.05, 4.69) is 13.8 Å². The van der Waals surface area contributed by atoms with Crippen molar-refractivity contribution in [3.63, 3.8) is 0 Å². The molecule has 0 amide bonds. The van der Waals surface area contributed by atoms with Crippen molar-refractivity contribution >= 4 is 14.1 Å². The quantitative estimate of drug-likeness (QED) is 0.304. The number of carbonyl (C=O) groups excluding carboxylic acids is 1. The Morgan fingerprint density at radius 3 is 2.32 bits per heavy atom. The van der Waals surface area contributed by atoms with Crippen molar-refractivity contribution in [3.05, 3.63) is 0 Å². The summed E-state index contributed by atoms with van der Waals surface area (Å²) in [6.45, 7) is 9.27. The minimum Gasteiger partial charge on any atom is -0.402 e. The second-order valence-corrected chi connectivity index (χ2v) is 14.6. The second kappa shape index (κ2) is 8.74. The molecule has 2 aliphatic carbocycles. The molecule has 0 aromatic heterocycles. The van der Waals surface area contributed by atoms with E-state index in [1.165, 1.54) is 0 Å². The highest BCUT2D eigenvalue weighted by Crippen LogP contribution is 2.57. The Balaban J connectivity index is 2.03. The first-order valence-electron chi connectivity index (χ1n) is 10.6. The van der Waals surface area contributed by atoms with Crippen LogP contribution in [-0.4, -0.2) is 32.6 Å². The summed E-state index contributed by atoms with van der Waals surface area (Å²) < 4.78 is 60.0. The molecule has 0 N–H and O–H groups in total. The van der Waals surface area contributed by atoms with Gasteiger partial charge in [0, 0.05) is 12.3 Å². The molecule has 4 atom stereocenters. The summed E-state index contributed by atoms with van der Waals surface area (Å²) in [5.74, 6) is 1.06. The number of Topliss-reactive ketones (excluding diaryl/α,β-unsaturated/α-hetero) is 1. The van der Waals surface area contributed by atoms with Crippen molar-refractivity contribution in [1.29, 1.82) is 0 Å². The molecule has 0 spiro atoms. The molecule has 0 heterocycles. The molecule has 0 aromatic carbocycles. The Bertz CT molecular complexity index is 541. The first-order chi connectivity index (χ1) is 12.8. The smallest absolute Gasteiger partial charge is 0.271 e. The number of hydrogen-bond donors (Lipinski definition) is 0. The molecule has 2 fully saturated rings. The van der Waals surface area contributed by atoms with E-state index in [-0.39, 0.29) is 30.1 Å². The van der Waals surface area contributed by atoms with Gasteiger partial charge < -0.3 is 4.43 Å². The minimum absolute atomic E-state index is 0.0217. The van der Waals surface area contributed by atoms with E-state index in [1.807, 2.05) is 0 Å². The number of rotatable bonds is 9. The van der Waals surface area contributed by atoms with E-state index in [1.54, 1.807) is 19.6 Å². The van der Waals surface area contributed by atoms with Crippen molar-refractivity contribution in [2.45, 2.75) is 103 Å². The Hall–Kier alpha value is -0.433. The number of fused-ring (bicyclic) bond motifs is 1. The van der Waals surface area contributed by atoms with Crippen LogP contribution in [0.25, 0.3) is 0 Å². The lowest BCUT2D eigenvalue weighted by Gasteiger charge is -2.42. The minimum atomic E-state index is -3.21. The van der Waals surface area contributed by atoms with Gasteiger partial charge in [-0.05, 0) is 75.4 Å². The zero-order chi connectivity index (χ0) is 21.3. The van der Waals surface area contributed by atoms with Crippen LogP contribution in [0.3, 0.4) is 0 Å². The fraction of sp³-hybridized carbons (Fsp3) is 0.952. The highest BCUT2D eigenvalue weighted by molar-refractivity contribution is 6.69. The maximum Gasteiger partial charge on any atom is 0.271 e. The summed E-state index contributed by atoms with van der Waals surface area (Å²) in [6.07, 6.45) is -1.38. The molecule has 0 aliphatic heterocycles. The van der Waals surface area contributed by atoms with Crippen LogP contribution < -0.4 is 0 Å². The standard InChI is InChI=1S/C21H36F4O2Si/c1-14(15-10-11-16-17(26)9-7-12-20(15,16)2)8-6-13-21(18(22)23,19(24)25)27-28(3,4)5/h14-16,18-19H,6-13H2,1-5H3/t14-,15-,16+,20-/m1/s1. The highest BCUT2D eigenvalue weighted by Gasteiger charge is 2.53. The molecule has 7 heteroatoms. The number of alkyl halides is 4. The van der Waals surface area contributed by atoms with Gasteiger partial charge in [-0.2, -0.15) is 0 Å². The van der Waals surface area contributed by atoms with Crippen LogP contribution in [0.2, 0.25) is 19.6 Å². The number of halogens is 4. The Kier molecular flexibility index (Phi) is 7.44. The zero-order valence-electron chi connectivity index (χ0n) is 17.9. The SMILES string of the molecule is C[C@H](CCCC(O[Si](C)(C)C)(C(F)F)C(F)F)[C@H]1CC[C@H]2C(=O)CCC[C@]12C. The molecule has 164 valence electrons. The van der Waals surface area contributed by atoms with Gasteiger partial charge in [-0.25, -0.2) is 17.6 Å². The van der Waals surface area contributed by atoms with Crippen LogP contribution in [0.1, 0.15) is 65.2 Å². The van der Waals surface area contributed by atoms with Crippen molar-refractivity contribution < 1.29 is 26.8 Å². The van der Waals surface area contributed by atoms with Gasteiger partial charge in [-0.15, -0.1) is 0 Å². The first kappa shape index (κ1) is 23.8.